The number of benzene rings is 1. The highest BCUT2D eigenvalue weighted by atomic mass is 16.1. The molecule has 0 atom stereocenters. The topological polar surface area (TPSA) is 29.1 Å². The van der Waals surface area contributed by atoms with Crippen LogP contribution in [0.3, 0.4) is 0 Å². The van der Waals surface area contributed by atoms with Crippen molar-refractivity contribution in [1.82, 2.24) is 5.32 Å². The quantitative estimate of drug-likeness (QED) is 0.847. The number of amides is 1. The molecule has 0 spiro atoms. The second-order valence-electron chi connectivity index (χ2n) is 5.12. The normalized spacial score (nSPS) is 16.1. The van der Waals surface area contributed by atoms with Crippen molar-refractivity contribution in [3.05, 3.63) is 35.4 Å². The minimum absolute atomic E-state index is 0.207. The first-order valence-electron chi connectivity index (χ1n) is 6.56. The Morgan fingerprint density at radius 2 is 2.12 bits per heavy atom. The number of aryl methyl sites for hydroxylation is 1. The molecule has 0 unspecified atom stereocenters. The van der Waals surface area contributed by atoms with Crippen LogP contribution in [0.5, 0.6) is 0 Å². The molecular formula is C15H21NO. The highest BCUT2D eigenvalue weighted by Gasteiger charge is 2.17. The molecule has 1 aliphatic carbocycles. The van der Waals surface area contributed by atoms with Gasteiger partial charge in [-0.1, -0.05) is 42.7 Å². The van der Waals surface area contributed by atoms with Gasteiger partial charge in [-0.2, -0.15) is 0 Å². The Hall–Kier alpha value is -1.31. The van der Waals surface area contributed by atoms with Crippen molar-refractivity contribution in [2.24, 2.45) is 5.92 Å². The van der Waals surface area contributed by atoms with Crippen LogP contribution < -0.4 is 5.32 Å². The van der Waals surface area contributed by atoms with E-state index in [4.69, 9.17) is 0 Å². The largest absolute Gasteiger partial charge is 0.352 e. The molecule has 2 nitrogen and oxygen atoms in total. The summed E-state index contributed by atoms with van der Waals surface area (Å²) >= 11 is 0. The molecule has 1 amide bonds. The summed E-state index contributed by atoms with van der Waals surface area (Å²) in [7, 11) is 0. The van der Waals surface area contributed by atoms with E-state index in [0.29, 0.717) is 18.9 Å². The minimum Gasteiger partial charge on any atom is -0.352 e. The summed E-state index contributed by atoms with van der Waals surface area (Å²) in [5, 5.41) is 3.01. The van der Waals surface area contributed by atoms with E-state index in [9.17, 15) is 4.79 Å². The van der Waals surface area contributed by atoms with E-state index in [-0.39, 0.29) is 5.91 Å². The van der Waals surface area contributed by atoms with E-state index in [1.165, 1.54) is 36.8 Å². The van der Waals surface area contributed by atoms with Crippen molar-refractivity contribution < 1.29 is 4.79 Å². The molecule has 1 aromatic carbocycles. The molecule has 2 heteroatoms. The zero-order valence-electron chi connectivity index (χ0n) is 10.5. The molecule has 1 aromatic rings. The van der Waals surface area contributed by atoms with Gasteiger partial charge in [0.25, 0.3) is 0 Å². The summed E-state index contributed by atoms with van der Waals surface area (Å²) in [4.78, 5) is 11.7. The third-order valence-electron chi connectivity index (χ3n) is 3.52. The van der Waals surface area contributed by atoms with Gasteiger partial charge in [-0.15, -0.1) is 0 Å². The van der Waals surface area contributed by atoms with Gasteiger partial charge < -0.3 is 5.32 Å². The lowest BCUT2D eigenvalue weighted by Gasteiger charge is -2.09. The van der Waals surface area contributed by atoms with Gasteiger partial charge in [0.2, 0.25) is 5.91 Å². The SMILES string of the molecule is Cc1cccc(CNC(=O)CC2CCCC2)c1. The fourth-order valence-corrected chi connectivity index (χ4v) is 2.57. The Labute approximate surface area is 103 Å². The first kappa shape index (κ1) is 12.2. The third-order valence-corrected chi connectivity index (χ3v) is 3.52. The van der Waals surface area contributed by atoms with E-state index in [0.717, 1.165) is 0 Å². The molecule has 0 saturated heterocycles. The van der Waals surface area contributed by atoms with Crippen molar-refractivity contribution in [3.63, 3.8) is 0 Å². The molecule has 1 aliphatic rings. The van der Waals surface area contributed by atoms with Crippen LogP contribution >= 0.6 is 0 Å². The van der Waals surface area contributed by atoms with Crippen molar-refractivity contribution in [3.8, 4) is 0 Å². The van der Waals surface area contributed by atoms with Crippen LogP contribution in [0.15, 0.2) is 24.3 Å². The van der Waals surface area contributed by atoms with Gasteiger partial charge in [-0.05, 0) is 31.2 Å². The monoisotopic (exact) mass is 231 g/mol. The summed E-state index contributed by atoms with van der Waals surface area (Å²) in [6, 6.07) is 8.29. The lowest BCUT2D eigenvalue weighted by molar-refractivity contribution is -0.122. The van der Waals surface area contributed by atoms with Gasteiger partial charge in [0.15, 0.2) is 0 Å². The second-order valence-corrected chi connectivity index (χ2v) is 5.12. The smallest absolute Gasteiger partial charge is 0.220 e. The average molecular weight is 231 g/mol. The van der Waals surface area contributed by atoms with Crippen LogP contribution in [0.25, 0.3) is 0 Å². The lowest BCUT2D eigenvalue weighted by Crippen LogP contribution is -2.24. The number of carbonyl (C=O) groups excluding carboxylic acids is 1. The molecule has 17 heavy (non-hydrogen) atoms. The van der Waals surface area contributed by atoms with Crippen molar-refractivity contribution in [1.29, 1.82) is 0 Å². The Balaban J connectivity index is 1.75. The van der Waals surface area contributed by atoms with Gasteiger partial charge in [-0.3, -0.25) is 4.79 Å². The van der Waals surface area contributed by atoms with Crippen molar-refractivity contribution in [2.75, 3.05) is 0 Å². The molecule has 1 saturated carbocycles. The van der Waals surface area contributed by atoms with Crippen LogP contribution in [0.4, 0.5) is 0 Å². The lowest BCUT2D eigenvalue weighted by atomic mass is 10.0. The average Bonchev–Trinajstić information content (AvgIpc) is 2.79. The van der Waals surface area contributed by atoms with Crippen LogP contribution in [0.2, 0.25) is 0 Å². The minimum atomic E-state index is 0.207. The van der Waals surface area contributed by atoms with Gasteiger partial charge >= 0.3 is 0 Å². The maximum atomic E-state index is 11.7. The Morgan fingerprint density at radius 3 is 2.82 bits per heavy atom. The Bertz CT molecular complexity index is 380. The van der Waals surface area contributed by atoms with Gasteiger partial charge in [0.1, 0.15) is 0 Å². The van der Waals surface area contributed by atoms with Gasteiger partial charge in [0, 0.05) is 13.0 Å². The fourth-order valence-electron chi connectivity index (χ4n) is 2.57. The van der Waals surface area contributed by atoms with Crippen molar-refractivity contribution >= 4 is 5.91 Å². The van der Waals surface area contributed by atoms with E-state index in [1.807, 2.05) is 6.07 Å². The maximum Gasteiger partial charge on any atom is 0.220 e. The first-order chi connectivity index (χ1) is 8.24. The molecule has 0 heterocycles. The molecular weight excluding hydrogens is 210 g/mol. The highest BCUT2D eigenvalue weighted by molar-refractivity contribution is 5.76. The summed E-state index contributed by atoms with van der Waals surface area (Å²) < 4.78 is 0. The van der Waals surface area contributed by atoms with Gasteiger partial charge in [-0.25, -0.2) is 0 Å². The van der Waals surface area contributed by atoms with Crippen LogP contribution in [0, 0.1) is 12.8 Å². The van der Waals surface area contributed by atoms with Crippen molar-refractivity contribution in [2.45, 2.75) is 45.6 Å². The summed E-state index contributed by atoms with van der Waals surface area (Å²) in [5.41, 5.74) is 2.43. The molecule has 0 bridgehead atoms. The molecule has 2 rings (SSSR count). The van der Waals surface area contributed by atoms with Crippen LogP contribution in [-0.2, 0) is 11.3 Å². The second kappa shape index (κ2) is 5.85. The fraction of sp³-hybridized carbons (Fsp3) is 0.533. The van der Waals surface area contributed by atoms with E-state index >= 15 is 0 Å². The van der Waals surface area contributed by atoms with E-state index < -0.39 is 0 Å². The molecule has 0 aliphatic heterocycles. The predicted octanol–water partition coefficient (Wildman–Crippen LogP) is 3.19. The summed E-state index contributed by atoms with van der Waals surface area (Å²) in [6.45, 7) is 2.73. The number of hydrogen-bond donors (Lipinski definition) is 1. The standard InChI is InChI=1S/C15H21NO/c1-12-5-4-8-14(9-12)11-16-15(17)10-13-6-2-3-7-13/h4-5,8-9,13H,2-3,6-7,10-11H2,1H3,(H,16,17). The molecule has 0 aromatic heterocycles. The summed E-state index contributed by atoms with van der Waals surface area (Å²) in [6.07, 6.45) is 5.78. The zero-order chi connectivity index (χ0) is 12.1. The highest BCUT2D eigenvalue weighted by Crippen LogP contribution is 2.27. The third kappa shape index (κ3) is 3.88. The molecule has 0 radical (unpaired) electrons. The summed E-state index contributed by atoms with van der Waals surface area (Å²) in [5.74, 6) is 0.839. The number of nitrogens with one attached hydrogen (secondary N) is 1. The Morgan fingerprint density at radius 1 is 1.35 bits per heavy atom. The molecule has 92 valence electrons. The first-order valence-corrected chi connectivity index (χ1v) is 6.56. The molecule has 1 N–H and O–H groups in total. The zero-order valence-corrected chi connectivity index (χ0v) is 10.5. The number of hydrogen-bond acceptors (Lipinski definition) is 1. The molecule has 1 fully saturated rings. The maximum absolute atomic E-state index is 11.7. The Kier molecular flexibility index (Phi) is 4.18. The van der Waals surface area contributed by atoms with E-state index in [1.54, 1.807) is 0 Å². The van der Waals surface area contributed by atoms with Crippen LogP contribution in [-0.4, -0.2) is 5.91 Å². The predicted molar refractivity (Wildman–Crippen MR) is 69.6 cm³/mol. The van der Waals surface area contributed by atoms with Gasteiger partial charge in [0.05, 0.1) is 0 Å². The van der Waals surface area contributed by atoms with E-state index in [2.05, 4.69) is 30.4 Å². The number of rotatable bonds is 4. The number of carbonyl (C=O) groups is 1. The van der Waals surface area contributed by atoms with Crippen LogP contribution in [0.1, 0.15) is 43.2 Å².